The molecule has 2 aromatic rings. The van der Waals surface area contributed by atoms with E-state index in [1.54, 1.807) is 12.1 Å². The van der Waals surface area contributed by atoms with Crippen LogP contribution in [0, 0.1) is 5.82 Å². The van der Waals surface area contributed by atoms with Gasteiger partial charge in [-0.25, -0.2) is 4.39 Å². The lowest BCUT2D eigenvalue weighted by Gasteiger charge is -2.38. The summed E-state index contributed by atoms with van der Waals surface area (Å²) < 4.78 is 20.3. The van der Waals surface area contributed by atoms with E-state index in [1.165, 1.54) is 6.07 Å². The van der Waals surface area contributed by atoms with Gasteiger partial charge in [0.25, 0.3) is 5.91 Å². The lowest BCUT2D eigenvalue weighted by Crippen LogP contribution is -2.47. The zero-order chi connectivity index (χ0) is 20.4. The van der Waals surface area contributed by atoms with Crippen LogP contribution < -0.4 is 5.32 Å². The average molecular weight is 421 g/mol. The minimum atomic E-state index is -0.381. The van der Waals surface area contributed by atoms with Crippen molar-refractivity contribution in [2.75, 3.05) is 26.2 Å². The van der Waals surface area contributed by atoms with E-state index in [-0.39, 0.29) is 30.4 Å². The first-order chi connectivity index (χ1) is 14.0. The summed E-state index contributed by atoms with van der Waals surface area (Å²) in [6.45, 7) is 4.08. The number of ether oxygens (including phenoxy) is 1. The Labute approximate surface area is 174 Å². The number of aromatic nitrogens is 2. The van der Waals surface area contributed by atoms with Crippen molar-refractivity contribution in [2.24, 2.45) is 0 Å². The Hall–Kier alpha value is -1.96. The molecule has 0 bridgehead atoms. The molecule has 2 heterocycles. The summed E-state index contributed by atoms with van der Waals surface area (Å²) in [5.74, 6) is -0.601. The van der Waals surface area contributed by atoms with E-state index >= 15 is 0 Å². The van der Waals surface area contributed by atoms with Crippen molar-refractivity contribution in [3.05, 3.63) is 51.6 Å². The molecule has 1 aromatic heterocycles. The molecule has 156 valence electrons. The first-order valence-corrected chi connectivity index (χ1v) is 10.6. The molecule has 1 aliphatic carbocycles. The van der Waals surface area contributed by atoms with Crippen LogP contribution in [0.5, 0.6) is 0 Å². The van der Waals surface area contributed by atoms with Gasteiger partial charge < -0.3 is 10.1 Å². The second-order valence-electron chi connectivity index (χ2n) is 7.77. The molecule has 1 aromatic carbocycles. The average Bonchev–Trinajstić information content (AvgIpc) is 3.14. The van der Waals surface area contributed by atoms with Gasteiger partial charge in [0.15, 0.2) is 5.69 Å². The fraction of sp³-hybridized carbons (Fsp3) is 0.524. The maximum absolute atomic E-state index is 14.7. The van der Waals surface area contributed by atoms with Crippen LogP contribution in [0.2, 0.25) is 5.02 Å². The van der Waals surface area contributed by atoms with Gasteiger partial charge in [-0.05, 0) is 44.7 Å². The van der Waals surface area contributed by atoms with Crippen molar-refractivity contribution in [2.45, 2.75) is 44.8 Å². The van der Waals surface area contributed by atoms with Gasteiger partial charge in [-0.3, -0.25) is 14.8 Å². The number of benzene rings is 1. The molecule has 1 saturated heterocycles. The fourth-order valence-corrected chi connectivity index (χ4v) is 4.60. The molecule has 1 aliphatic heterocycles. The number of carbonyl (C=O) groups excluding carboxylic acids is 1. The van der Waals surface area contributed by atoms with Gasteiger partial charge in [-0.15, -0.1) is 0 Å². The number of hydrogen-bond donors (Lipinski definition) is 2. The van der Waals surface area contributed by atoms with Gasteiger partial charge in [-0.1, -0.05) is 17.7 Å². The van der Waals surface area contributed by atoms with Crippen molar-refractivity contribution in [3.8, 4) is 0 Å². The number of carbonyl (C=O) groups is 1. The summed E-state index contributed by atoms with van der Waals surface area (Å²) in [6, 6.07) is 4.30. The number of H-pyrrole nitrogens is 1. The predicted octanol–water partition coefficient (Wildman–Crippen LogP) is 3.27. The Balaban J connectivity index is 1.55. The summed E-state index contributed by atoms with van der Waals surface area (Å²) in [7, 11) is 0. The van der Waals surface area contributed by atoms with Gasteiger partial charge >= 0.3 is 0 Å². The van der Waals surface area contributed by atoms with Crippen molar-refractivity contribution in [1.29, 1.82) is 0 Å². The number of aryl methyl sites for hydroxylation is 1. The monoisotopic (exact) mass is 420 g/mol. The van der Waals surface area contributed by atoms with E-state index in [0.717, 1.165) is 36.9 Å². The van der Waals surface area contributed by atoms with E-state index in [0.29, 0.717) is 36.0 Å². The van der Waals surface area contributed by atoms with Crippen molar-refractivity contribution in [3.63, 3.8) is 0 Å². The second kappa shape index (κ2) is 8.81. The highest BCUT2D eigenvalue weighted by molar-refractivity contribution is 6.31. The molecular weight excluding hydrogens is 395 g/mol. The molecule has 29 heavy (non-hydrogen) atoms. The van der Waals surface area contributed by atoms with Crippen molar-refractivity contribution in [1.82, 2.24) is 20.4 Å². The number of rotatable bonds is 5. The van der Waals surface area contributed by atoms with E-state index in [2.05, 4.69) is 20.4 Å². The summed E-state index contributed by atoms with van der Waals surface area (Å²) >= 11 is 6.36. The Morgan fingerprint density at radius 3 is 3.07 bits per heavy atom. The van der Waals surface area contributed by atoms with Crippen LogP contribution in [0.4, 0.5) is 4.39 Å². The summed E-state index contributed by atoms with van der Waals surface area (Å²) in [5, 5.41) is 10.6. The third-order valence-corrected chi connectivity index (χ3v) is 6.10. The lowest BCUT2D eigenvalue weighted by molar-refractivity contribution is -0.0346. The number of nitrogens with zero attached hydrogens (tertiary/aromatic N) is 2. The topological polar surface area (TPSA) is 70.2 Å². The predicted molar refractivity (Wildman–Crippen MR) is 109 cm³/mol. The molecule has 1 amide bonds. The van der Waals surface area contributed by atoms with E-state index in [4.69, 9.17) is 16.3 Å². The van der Waals surface area contributed by atoms with Gasteiger partial charge in [0.05, 0.1) is 18.8 Å². The SMILES string of the molecule is CC1CN(C(CNC(=O)c2n[nH]c3c2CCCC3)c2c(F)cccc2Cl)CCO1. The molecule has 0 saturated carbocycles. The van der Waals surface area contributed by atoms with Crippen LogP contribution in [-0.2, 0) is 17.6 Å². The Kier molecular flexibility index (Phi) is 6.18. The zero-order valence-electron chi connectivity index (χ0n) is 16.5. The number of aromatic amines is 1. The van der Waals surface area contributed by atoms with Crippen LogP contribution in [0.1, 0.15) is 53.1 Å². The van der Waals surface area contributed by atoms with E-state index in [9.17, 15) is 9.18 Å². The quantitative estimate of drug-likeness (QED) is 0.778. The molecular formula is C21H26ClFN4O2. The maximum atomic E-state index is 14.7. The smallest absolute Gasteiger partial charge is 0.272 e. The normalized spacial score (nSPS) is 20.9. The van der Waals surface area contributed by atoms with Gasteiger partial charge in [0, 0.05) is 41.5 Å². The number of halogens is 2. The Morgan fingerprint density at radius 2 is 2.28 bits per heavy atom. The Bertz CT molecular complexity index is 867. The number of amides is 1. The number of fused-ring (bicyclic) bond motifs is 1. The third-order valence-electron chi connectivity index (χ3n) is 5.77. The van der Waals surface area contributed by atoms with Gasteiger partial charge in [-0.2, -0.15) is 5.10 Å². The lowest BCUT2D eigenvalue weighted by atomic mass is 9.95. The highest BCUT2D eigenvalue weighted by Gasteiger charge is 2.30. The first kappa shape index (κ1) is 20.3. The molecule has 2 N–H and O–H groups in total. The maximum Gasteiger partial charge on any atom is 0.272 e. The molecule has 2 atom stereocenters. The number of nitrogens with one attached hydrogen (secondary N) is 2. The van der Waals surface area contributed by atoms with E-state index < -0.39 is 0 Å². The second-order valence-corrected chi connectivity index (χ2v) is 8.18. The van der Waals surface area contributed by atoms with Crippen LogP contribution in [-0.4, -0.2) is 53.3 Å². The fourth-order valence-electron chi connectivity index (χ4n) is 4.31. The van der Waals surface area contributed by atoms with Gasteiger partial charge in [0.2, 0.25) is 0 Å². The van der Waals surface area contributed by atoms with Crippen LogP contribution in [0.15, 0.2) is 18.2 Å². The molecule has 0 radical (unpaired) electrons. The third kappa shape index (κ3) is 4.32. The molecule has 2 unspecified atom stereocenters. The zero-order valence-corrected chi connectivity index (χ0v) is 17.3. The highest BCUT2D eigenvalue weighted by atomic mass is 35.5. The first-order valence-electron chi connectivity index (χ1n) is 10.2. The number of hydrogen-bond acceptors (Lipinski definition) is 4. The van der Waals surface area contributed by atoms with Crippen molar-refractivity contribution >= 4 is 17.5 Å². The summed E-state index contributed by atoms with van der Waals surface area (Å²) in [5.41, 5.74) is 2.92. The highest BCUT2D eigenvalue weighted by Crippen LogP contribution is 2.31. The van der Waals surface area contributed by atoms with E-state index in [1.807, 2.05) is 6.92 Å². The number of morpholine rings is 1. The summed E-state index contributed by atoms with van der Waals surface area (Å²) in [6.07, 6.45) is 3.99. The standard InChI is InChI=1S/C21H26ClFN4O2/c1-13-12-27(9-10-29-13)18(19-15(22)6-4-7-16(19)23)11-24-21(28)20-14-5-2-3-8-17(14)25-26-20/h4,6-7,13,18H,2-3,5,8-12H2,1H3,(H,24,28)(H,25,26). The minimum Gasteiger partial charge on any atom is -0.376 e. The largest absolute Gasteiger partial charge is 0.376 e. The van der Waals surface area contributed by atoms with Gasteiger partial charge in [0.1, 0.15) is 5.82 Å². The van der Waals surface area contributed by atoms with Crippen LogP contribution >= 0.6 is 11.6 Å². The molecule has 2 aliphatic rings. The molecule has 4 rings (SSSR count). The summed E-state index contributed by atoms with van der Waals surface area (Å²) in [4.78, 5) is 15.0. The molecule has 1 fully saturated rings. The Morgan fingerprint density at radius 1 is 1.45 bits per heavy atom. The van der Waals surface area contributed by atoms with Crippen LogP contribution in [0.3, 0.4) is 0 Å². The van der Waals surface area contributed by atoms with Crippen molar-refractivity contribution < 1.29 is 13.9 Å². The molecule has 0 spiro atoms. The molecule has 6 nitrogen and oxygen atoms in total. The van der Waals surface area contributed by atoms with Crippen LogP contribution in [0.25, 0.3) is 0 Å². The minimum absolute atomic E-state index is 0.0332. The molecule has 8 heteroatoms.